The van der Waals surface area contributed by atoms with Gasteiger partial charge in [0, 0.05) is 4.90 Å². The van der Waals surface area contributed by atoms with Crippen LogP contribution in [-0.2, 0) is 4.79 Å². The largest absolute Gasteiger partial charge is 0.508 e. The molecule has 0 spiro atoms. The number of phenolic OH excluding ortho intramolecular Hbond substituents is 1. The summed E-state index contributed by atoms with van der Waals surface area (Å²) >= 11 is 1.09. The Labute approximate surface area is 62.9 Å². The van der Waals surface area contributed by atoms with Crippen LogP contribution in [0.15, 0.2) is 29.2 Å². The molecule has 0 heterocycles. The Morgan fingerprint density at radius 3 is 2.40 bits per heavy atom. The molecule has 0 aromatic heterocycles. The number of hydrogen-bond acceptors (Lipinski definition) is 3. The lowest BCUT2D eigenvalue weighted by atomic mass is 10.3. The van der Waals surface area contributed by atoms with E-state index >= 15 is 0 Å². The van der Waals surface area contributed by atoms with Crippen LogP contribution in [0, 0.1) is 0 Å². The first-order valence-electron chi connectivity index (χ1n) is 2.72. The Balaban J connectivity index is 2.78. The molecule has 1 aromatic rings. The van der Waals surface area contributed by atoms with Crippen LogP contribution in [0.3, 0.4) is 0 Å². The van der Waals surface area contributed by atoms with Crippen LogP contribution in [0.1, 0.15) is 0 Å². The van der Waals surface area contributed by atoms with E-state index in [2.05, 4.69) is 0 Å². The summed E-state index contributed by atoms with van der Waals surface area (Å²) in [5, 5.41) is 8.83. The number of hydrogen-bond donors (Lipinski definition) is 1. The van der Waals surface area contributed by atoms with Crippen molar-refractivity contribution in [1.29, 1.82) is 0 Å². The van der Waals surface area contributed by atoms with Crippen LogP contribution >= 0.6 is 11.8 Å². The molecular formula is C7H6O2S. The van der Waals surface area contributed by atoms with E-state index in [1.165, 1.54) is 0 Å². The zero-order chi connectivity index (χ0) is 7.40. The van der Waals surface area contributed by atoms with Gasteiger partial charge in [-0.2, -0.15) is 0 Å². The molecule has 2 nitrogen and oxygen atoms in total. The van der Waals surface area contributed by atoms with Gasteiger partial charge in [-0.1, -0.05) is 11.8 Å². The average molecular weight is 154 g/mol. The first-order valence-corrected chi connectivity index (χ1v) is 3.60. The van der Waals surface area contributed by atoms with Crippen LogP contribution in [-0.4, -0.2) is 10.7 Å². The van der Waals surface area contributed by atoms with E-state index in [9.17, 15) is 4.79 Å². The van der Waals surface area contributed by atoms with Crippen molar-refractivity contribution in [3.63, 3.8) is 0 Å². The topological polar surface area (TPSA) is 37.3 Å². The highest BCUT2D eigenvalue weighted by molar-refractivity contribution is 8.11. The van der Waals surface area contributed by atoms with Crippen molar-refractivity contribution in [2.24, 2.45) is 0 Å². The fraction of sp³-hybridized carbons (Fsp3) is 0. The molecule has 0 amide bonds. The molecule has 0 saturated carbocycles. The Kier molecular flexibility index (Phi) is 2.34. The predicted octanol–water partition coefficient (Wildman–Crippen LogP) is 1.67. The second-order valence-electron chi connectivity index (χ2n) is 1.71. The van der Waals surface area contributed by atoms with Gasteiger partial charge in [-0.3, -0.25) is 4.79 Å². The molecule has 3 heteroatoms. The highest BCUT2D eigenvalue weighted by Gasteiger charge is 1.90. The molecule has 0 aliphatic heterocycles. The molecule has 1 rings (SSSR count). The van der Waals surface area contributed by atoms with E-state index in [-0.39, 0.29) is 5.75 Å². The van der Waals surface area contributed by atoms with E-state index in [4.69, 9.17) is 5.11 Å². The zero-order valence-electron chi connectivity index (χ0n) is 5.15. The Bertz CT molecular complexity index is 218. The van der Waals surface area contributed by atoms with Gasteiger partial charge >= 0.3 is 0 Å². The second kappa shape index (κ2) is 3.27. The lowest BCUT2D eigenvalue weighted by Gasteiger charge is -1.92. The molecule has 0 fully saturated rings. The minimum absolute atomic E-state index is 0.218. The molecule has 52 valence electrons. The van der Waals surface area contributed by atoms with E-state index in [0.29, 0.717) is 0 Å². The van der Waals surface area contributed by atoms with Gasteiger partial charge in [0.15, 0.2) is 5.62 Å². The van der Waals surface area contributed by atoms with E-state index in [1.54, 1.807) is 24.3 Å². The third-order valence-electron chi connectivity index (χ3n) is 1.02. The number of thioether (sulfide) groups is 1. The van der Waals surface area contributed by atoms with Crippen molar-refractivity contribution in [1.82, 2.24) is 0 Å². The summed E-state index contributed by atoms with van der Waals surface area (Å²) in [7, 11) is 0. The molecule has 0 saturated heterocycles. The molecular weight excluding hydrogens is 148 g/mol. The van der Waals surface area contributed by atoms with Crippen molar-refractivity contribution < 1.29 is 9.90 Å². The molecule has 0 radical (unpaired) electrons. The maximum absolute atomic E-state index is 9.96. The van der Waals surface area contributed by atoms with Crippen molar-refractivity contribution in [2.45, 2.75) is 4.90 Å². The zero-order valence-corrected chi connectivity index (χ0v) is 5.97. The van der Waals surface area contributed by atoms with E-state index in [1.807, 2.05) is 0 Å². The fourth-order valence-electron chi connectivity index (χ4n) is 0.580. The lowest BCUT2D eigenvalue weighted by molar-refractivity contribution is 0.475. The first-order chi connectivity index (χ1) is 4.83. The standard InChI is InChI=1S/C7H6O2S/c8-5-10-7-3-1-6(9)2-4-7/h1-5,9H. The third-order valence-corrected chi connectivity index (χ3v) is 1.66. The molecule has 0 atom stereocenters. The number of carbonyl (C=O) groups is 1. The van der Waals surface area contributed by atoms with E-state index < -0.39 is 0 Å². The normalized spacial score (nSPS) is 9.20. The van der Waals surface area contributed by atoms with Gasteiger partial charge < -0.3 is 5.11 Å². The molecule has 1 N–H and O–H groups in total. The van der Waals surface area contributed by atoms with Crippen LogP contribution in [0.5, 0.6) is 5.75 Å². The number of rotatable bonds is 2. The summed E-state index contributed by atoms with van der Waals surface area (Å²) < 4.78 is 0. The fourth-order valence-corrected chi connectivity index (χ4v) is 0.985. The highest BCUT2D eigenvalue weighted by atomic mass is 32.2. The summed E-state index contributed by atoms with van der Waals surface area (Å²) in [6.45, 7) is 0. The molecule has 0 aliphatic rings. The van der Waals surface area contributed by atoms with Crippen molar-refractivity contribution in [3.05, 3.63) is 24.3 Å². The Morgan fingerprint density at radius 2 is 1.90 bits per heavy atom. The van der Waals surface area contributed by atoms with Crippen LogP contribution in [0.25, 0.3) is 0 Å². The van der Waals surface area contributed by atoms with Gasteiger partial charge in [0.2, 0.25) is 0 Å². The summed E-state index contributed by atoms with van der Waals surface area (Å²) in [6.07, 6.45) is 0. The molecule has 0 unspecified atom stereocenters. The summed E-state index contributed by atoms with van der Waals surface area (Å²) in [5.74, 6) is 0.218. The Morgan fingerprint density at radius 1 is 1.30 bits per heavy atom. The summed E-state index contributed by atoms with van der Waals surface area (Å²) in [6, 6.07) is 6.47. The first kappa shape index (κ1) is 7.15. The summed E-state index contributed by atoms with van der Waals surface area (Å²) in [5.41, 5.74) is 0.756. The third kappa shape index (κ3) is 1.77. The van der Waals surface area contributed by atoms with Gasteiger partial charge in [-0.25, -0.2) is 0 Å². The Hall–Kier alpha value is -0.960. The SMILES string of the molecule is O=CSc1ccc(O)cc1. The minimum atomic E-state index is 0.218. The number of phenols is 1. The van der Waals surface area contributed by atoms with Gasteiger partial charge in [0.05, 0.1) is 0 Å². The minimum Gasteiger partial charge on any atom is -0.508 e. The van der Waals surface area contributed by atoms with Crippen LogP contribution in [0.2, 0.25) is 0 Å². The van der Waals surface area contributed by atoms with Crippen molar-refractivity contribution >= 4 is 17.4 Å². The highest BCUT2D eigenvalue weighted by Crippen LogP contribution is 2.17. The van der Waals surface area contributed by atoms with Crippen molar-refractivity contribution in [2.75, 3.05) is 0 Å². The van der Waals surface area contributed by atoms with Crippen LogP contribution in [0.4, 0.5) is 0 Å². The quantitative estimate of drug-likeness (QED) is 0.520. The number of benzene rings is 1. The molecule has 10 heavy (non-hydrogen) atoms. The predicted molar refractivity (Wildman–Crippen MR) is 40.7 cm³/mol. The maximum atomic E-state index is 9.96. The molecule has 1 aromatic carbocycles. The van der Waals surface area contributed by atoms with Gasteiger partial charge in [0.25, 0.3) is 0 Å². The number of aromatic hydroxyl groups is 1. The van der Waals surface area contributed by atoms with Crippen molar-refractivity contribution in [3.8, 4) is 5.75 Å². The van der Waals surface area contributed by atoms with Gasteiger partial charge in [-0.15, -0.1) is 0 Å². The lowest BCUT2D eigenvalue weighted by Crippen LogP contribution is -1.68. The maximum Gasteiger partial charge on any atom is 0.180 e. The summed E-state index contributed by atoms with van der Waals surface area (Å²) in [4.78, 5) is 10.8. The monoisotopic (exact) mass is 154 g/mol. The van der Waals surface area contributed by atoms with Gasteiger partial charge in [-0.05, 0) is 24.3 Å². The average Bonchev–Trinajstić information content (AvgIpc) is 1.95. The second-order valence-corrected chi connectivity index (χ2v) is 2.61. The van der Waals surface area contributed by atoms with Crippen LogP contribution < -0.4 is 0 Å². The smallest absolute Gasteiger partial charge is 0.180 e. The van der Waals surface area contributed by atoms with Gasteiger partial charge in [0.1, 0.15) is 5.75 Å². The van der Waals surface area contributed by atoms with E-state index in [0.717, 1.165) is 22.3 Å². The number of carbonyl (C=O) groups excluding carboxylic acids is 1. The molecule has 0 bridgehead atoms. The molecule has 0 aliphatic carbocycles.